The number of ether oxygens (including phenoxy) is 1. The number of nitrogens with one attached hydrogen (secondary N) is 1. The van der Waals surface area contributed by atoms with Crippen LogP contribution in [0.1, 0.15) is 28.8 Å². The zero-order valence-corrected chi connectivity index (χ0v) is 13.0. The van der Waals surface area contributed by atoms with Gasteiger partial charge in [0.05, 0.1) is 11.0 Å². The first kappa shape index (κ1) is 14.9. The van der Waals surface area contributed by atoms with Gasteiger partial charge in [0.25, 0.3) is 0 Å². The van der Waals surface area contributed by atoms with Crippen LogP contribution < -0.4 is 5.32 Å². The van der Waals surface area contributed by atoms with Gasteiger partial charge in [-0.2, -0.15) is 0 Å². The van der Waals surface area contributed by atoms with Crippen LogP contribution in [-0.4, -0.2) is 30.2 Å². The van der Waals surface area contributed by atoms with E-state index >= 15 is 0 Å². The molecule has 122 valence electrons. The summed E-state index contributed by atoms with van der Waals surface area (Å²) in [6.45, 7) is 1.19. The zero-order chi connectivity index (χ0) is 16.7. The maximum absolute atomic E-state index is 12.6. The van der Waals surface area contributed by atoms with Crippen molar-refractivity contribution < 1.29 is 19.4 Å². The highest BCUT2D eigenvalue weighted by molar-refractivity contribution is 6.07. The molecule has 0 aromatic heterocycles. The van der Waals surface area contributed by atoms with Gasteiger partial charge in [-0.15, -0.1) is 0 Å². The molecule has 0 unspecified atom stereocenters. The molecular weight excluding hydrogens is 306 g/mol. The number of carboxylic acid groups (broad SMARTS) is 1. The van der Waals surface area contributed by atoms with Crippen LogP contribution >= 0.6 is 0 Å². The van der Waals surface area contributed by atoms with E-state index in [9.17, 15) is 9.59 Å². The van der Waals surface area contributed by atoms with Gasteiger partial charge in [0.1, 0.15) is 0 Å². The van der Waals surface area contributed by atoms with E-state index in [1.165, 1.54) is 0 Å². The molecule has 1 saturated heterocycles. The number of aromatic carboxylic acids is 1. The molecule has 0 bridgehead atoms. The summed E-state index contributed by atoms with van der Waals surface area (Å²) in [6, 6.07) is 12.7. The smallest absolute Gasteiger partial charge is 0.335 e. The van der Waals surface area contributed by atoms with Crippen molar-refractivity contribution in [2.75, 3.05) is 18.5 Å². The number of benzene rings is 2. The number of carbonyl (C=O) groups excluding carboxylic acids is 1. The van der Waals surface area contributed by atoms with E-state index in [4.69, 9.17) is 9.84 Å². The number of amides is 1. The number of hydrogen-bond donors (Lipinski definition) is 2. The zero-order valence-electron chi connectivity index (χ0n) is 13.0. The van der Waals surface area contributed by atoms with Crippen molar-refractivity contribution in [3.8, 4) is 11.1 Å². The Morgan fingerprint density at radius 1 is 1.08 bits per heavy atom. The maximum atomic E-state index is 12.6. The van der Waals surface area contributed by atoms with Gasteiger partial charge in [-0.3, -0.25) is 4.79 Å². The van der Waals surface area contributed by atoms with Crippen molar-refractivity contribution in [1.82, 2.24) is 0 Å². The lowest BCUT2D eigenvalue weighted by molar-refractivity contribution is -0.124. The molecule has 0 aliphatic carbocycles. The molecular formula is C19H17NO4. The second-order valence-electron chi connectivity index (χ2n) is 6.29. The molecule has 24 heavy (non-hydrogen) atoms. The van der Waals surface area contributed by atoms with Crippen LogP contribution in [0.3, 0.4) is 0 Å². The van der Waals surface area contributed by atoms with Crippen LogP contribution in [0, 0.1) is 0 Å². The molecule has 4 rings (SSSR count). The second kappa shape index (κ2) is 5.46. The second-order valence-corrected chi connectivity index (χ2v) is 6.29. The quantitative estimate of drug-likeness (QED) is 0.890. The van der Waals surface area contributed by atoms with E-state index in [0.29, 0.717) is 26.1 Å². The number of hydrogen-bond acceptors (Lipinski definition) is 3. The molecule has 2 heterocycles. The summed E-state index contributed by atoms with van der Waals surface area (Å²) in [5, 5.41) is 12.1. The number of anilines is 1. The highest BCUT2D eigenvalue weighted by Crippen LogP contribution is 2.45. The first-order chi connectivity index (χ1) is 11.6. The number of carboxylic acids is 1. The third-order valence-electron chi connectivity index (χ3n) is 5.01. The van der Waals surface area contributed by atoms with Gasteiger partial charge in [-0.05, 0) is 47.7 Å². The van der Waals surface area contributed by atoms with E-state index in [-0.39, 0.29) is 11.5 Å². The Morgan fingerprint density at radius 2 is 1.83 bits per heavy atom. The minimum absolute atomic E-state index is 0.0391. The summed E-state index contributed by atoms with van der Waals surface area (Å²) >= 11 is 0. The van der Waals surface area contributed by atoms with Crippen LogP contribution in [0.4, 0.5) is 5.69 Å². The fourth-order valence-corrected chi connectivity index (χ4v) is 3.66. The number of rotatable bonds is 2. The Labute approximate surface area is 139 Å². The maximum Gasteiger partial charge on any atom is 0.335 e. The van der Waals surface area contributed by atoms with Gasteiger partial charge >= 0.3 is 5.97 Å². The van der Waals surface area contributed by atoms with E-state index in [1.807, 2.05) is 24.3 Å². The largest absolute Gasteiger partial charge is 0.478 e. The third kappa shape index (κ3) is 2.20. The van der Waals surface area contributed by atoms with Gasteiger partial charge in [0, 0.05) is 18.9 Å². The predicted molar refractivity (Wildman–Crippen MR) is 89.2 cm³/mol. The van der Waals surface area contributed by atoms with Gasteiger partial charge in [-0.25, -0.2) is 4.79 Å². The number of carbonyl (C=O) groups is 2. The van der Waals surface area contributed by atoms with Gasteiger partial charge in [0.2, 0.25) is 5.91 Å². The normalized spacial score (nSPS) is 18.2. The molecule has 2 N–H and O–H groups in total. The Hall–Kier alpha value is -2.66. The Balaban J connectivity index is 1.75. The average molecular weight is 323 g/mol. The molecule has 2 aromatic carbocycles. The average Bonchev–Trinajstić information content (AvgIpc) is 2.87. The van der Waals surface area contributed by atoms with Gasteiger partial charge in [0.15, 0.2) is 0 Å². The summed E-state index contributed by atoms with van der Waals surface area (Å²) < 4.78 is 5.41. The third-order valence-corrected chi connectivity index (χ3v) is 5.01. The molecule has 5 nitrogen and oxygen atoms in total. The standard InChI is InChI=1S/C19H17NO4/c21-17(22)14-3-1-2-12(10-14)13-4-5-15-16(11-13)20-18(23)19(15)6-8-24-9-7-19/h1-5,10-11H,6-9H2,(H,20,23)(H,21,22). The van der Waals surface area contributed by atoms with Crippen molar-refractivity contribution in [2.45, 2.75) is 18.3 Å². The minimum atomic E-state index is -0.951. The molecule has 2 aromatic rings. The number of fused-ring (bicyclic) bond motifs is 2. The van der Waals surface area contributed by atoms with Crippen LogP contribution in [0.5, 0.6) is 0 Å². The lowest BCUT2D eigenvalue weighted by Gasteiger charge is -2.31. The summed E-state index contributed by atoms with van der Waals surface area (Å²) in [5.74, 6) is -0.912. The Morgan fingerprint density at radius 3 is 2.58 bits per heavy atom. The molecule has 2 aliphatic rings. The summed E-state index contributed by atoms with van der Waals surface area (Å²) in [4.78, 5) is 23.7. The molecule has 5 heteroatoms. The highest BCUT2D eigenvalue weighted by Gasteiger charge is 2.47. The predicted octanol–water partition coefficient (Wildman–Crippen LogP) is 3.05. The molecule has 1 amide bonds. The van der Waals surface area contributed by atoms with E-state index < -0.39 is 11.4 Å². The van der Waals surface area contributed by atoms with E-state index in [2.05, 4.69) is 5.32 Å². The highest BCUT2D eigenvalue weighted by atomic mass is 16.5. The molecule has 1 fully saturated rings. The lowest BCUT2D eigenvalue weighted by Crippen LogP contribution is -2.39. The topological polar surface area (TPSA) is 75.6 Å². The first-order valence-electron chi connectivity index (χ1n) is 7.98. The lowest BCUT2D eigenvalue weighted by atomic mass is 9.75. The molecule has 2 aliphatic heterocycles. The molecule has 0 atom stereocenters. The fourth-order valence-electron chi connectivity index (χ4n) is 3.66. The molecule has 0 radical (unpaired) electrons. The van der Waals surface area contributed by atoms with Crippen LogP contribution in [0.25, 0.3) is 11.1 Å². The minimum Gasteiger partial charge on any atom is -0.478 e. The van der Waals surface area contributed by atoms with Crippen molar-refractivity contribution in [1.29, 1.82) is 0 Å². The molecule has 0 saturated carbocycles. The monoisotopic (exact) mass is 323 g/mol. The van der Waals surface area contributed by atoms with Crippen molar-refractivity contribution in [3.05, 3.63) is 53.6 Å². The Bertz CT molecular complexity index is 837. The van der Waals surface area contributed by atoms with Crippen molar-refractivity contribution in [3.63, 3.8) is 0 Å². The van der Waals surface area contributed by atoms with Crippen LogP contribution in [0.2, 0.25) is 0 Å². The van der Waals surface area contributed by atoms with Crippen molar-refractivity contribution >= 4 is 17.6 Å². The summed E-state index contributed by atoms with van der Waals surface area (Å²) in [6.07, 6.45) is 1.39. The van der Waals surface area contributed by atoms with Gasteiger partial charge < -0.3 is 15.2 Å². The molecule has 1 spiro atoms. The summed E-state index contributed by atoms with van der Waals surface area (Å²) in [7, 11) is 0. The van der Waals surface area contributed by atoms with Gasteiger partial charge in [-0.1, -0.05) is 24.3 Å². The van der Waals surface area contributed by atoms with Crippen molar-refractivity contribution in [2.24, 2.45) is 0 Å². The Kier molecular flexibility index (Phi) is 3.39. The first-order valence-corrected chi connectivity index (χ1v) is 7.98. The van der Waals surface area contributed by atoms with Crippen LogP contribution in [0.15, 0.2) is 42.5 Å². The SMILES string of the molecule is O=C(O)c1cccc(-c2ccc3c(c2)NC(=O)C32CCOCC2)c1. The fraction of sp³-hybridized carbons (Fsp3) is 0.263. The summed E-state index contributed by atoms with van der Waals surface area (Å²) in [5.41, 5.74) is 3.32. The van der Waals surface area contributed by atoms with E-state index in [0.717, 1.165) is 22.4 Å². The van der Waals surface area contributed by atoms with E-state index in [1.54, 1.807) is 18.2 Å². The van der Waals surface area contributed by atoms with Crippen LogP contribution in [-0.2, 0) is 14.9 Å².